The molecule has 0 bridgehead atoms. The van der Waals surface area contributed by atoms with Crippen LogP contribution in [-0.2, 0) is 0 Å². The smallest absolute Gasteiger partial charge is 0.0326 e. The van der Waals surface area contributed by atoms with E-state index in [1.54, 1.807) is 0 Å². The van der Waals surface area contributed by atoms with Crippen molar-refractivity contribution in [1.82, 2.24) is 0 Å². The molecule has 0 atom stereocenters. The van der Waals surface area contributed by atoms with Crippen LogP contribution in [0.5, 0.6) is 0 Å². The standard InChI is InChI=1S/C66H45N3.C66H42/c67-64-7-1-4-49(40-64)13-10-46-16-22-52(23-17-46)55-28-34-58(35-29-55)61-43-62(59-36-30-56(31-37-59)53-24-18-47(19-25-53)11-14-50-5-2-8-65(68)41-50)45-63(44-61)60-38-32-57(33-39-60)54-26-20-48(21-27-54)12-15-51-6-3-9-66(69)42-51;1-4-10-49(11-5-1)16-19-52-22-28-55(29-23-52)58-34-40-61(41-35-58)64-46-65(62-42-36-59(37-43-62)56-30-24-53(25-31-56)20-17-50-12-6-2-7-13-50)48-66(47-64)63-44-38-60(39-45-63)57-32-26-54(27-33-57)21-18-51-14-8-3-9-15-51/h1-9,16-45H,67-69H2;1-15,22-48H. The highest BCUT2D eigenvalue weighted by atomic mass is 14.5. The Morgan fingerprint density at radius 2 is 0.200 bits per heavy atom. The summed E-state index contributed by atoms with van der Waals surface area (Å²) in [6, 6.07) is 171. The van der Waals surface area contributed by atoms with Crippen molar-refractivity contribution in [3.8, 4) is 205 Å². The summed E-state index contributed by atoms with van der Waals surface area (Å²) in [5.41, 5.74) is 59.1. The molecular weight excluding hydrogens is 1630 g/mol. The fourth-order valence-electron chi connectivity index (χ4n) is 16.1. The van der Waals surface area contributed by atoms with Crippen molar-refractivity contribution >= 4 is 17.1 Å². The third-order valence-corrected chi connectivity index (χ3v) is 23.6. The van der Waals surface area contributed by atoms with E-state index in [0.717, 1.165) is 200 Å². The Labute approximate surface area is 791 Å². The lowest BCUT2D eigenvalue weighted by molar-refractivity contribution is 1.54. The predicted molar refractivity (Wildman–Crippen MR) is 566 cm³/mol. The maximum absolute atomic E-state index is 5.95. The van der Waals surface area contributed by atoms with Crippen molar-refractivity contribution in [2.24, 2.45) is 0 Å². The Bertz CT molecular complexity index is 7250. The molecule has 3 nitrogen and oxygen atoms in total. The second-order valence-electron chi connectivity index (χ2n) is 33.0. The van der Waals surface area contributed by atoms with Gasteiger partial charge in [-0.1, -0.05) is 362 Å². The lowest BCUT2D eigenvalue weighted by Gasteiger charge is -2.13. The zero-order chi connectivity index (χ0) is 91.3. The van der Waals surface area contributed by atoms with Crippen LogP contribution in [0, 0.1) is 71.0 Å². The second kappa shape index (κ2) is 41.1. The Kier molecular flexibility index (Phi) is 26.0. The van der Waals surface area contributed by atoms with E-state index in [2.05, 4.69) is 399 Å². The molecule has 0 aliphatic rings. The Balaban J connectivity index is 0.000000174. The number of benzene rings is 20. The normalized spacial score (nSPS) is 10.4. The van der Waals surface area contributed by atoms with Gasteiger partial charge in [-0.3, -0.25) is 0 Å². The van der Waals surface area contributed by atoms with E-state index in [1.165, 1.54) is 0 Å². The van der Waals surface area contributed by atoms with E-state index in [0.29, 0.717) is 17.1 Å². The average Bonchev–Trinajstić information content (AvgIpc) is 0.792. The van der Waals surface area contributed by atoms with Gasteiger partial charge in [0.15, 0.2) is 0 Å². The molecule has 0 unspecified atom stereocenters. The largest absolute Gasteiger partial charge is 0.399 e. The van der Waals surface area contributed by atoms with E-state index in [1.807, 2.05) is 164 Å². The number of rotatable bonds is 12. The molecule has 630 valence electrons. The van der Waals surface area contributed by atoms with Crippen molar-refractivity contribution in [2.45, 2.75) is 0 Å². The van der Waals surface area contributed by atoms with E-state index >= 15 is 0 Å². The maximum atomic E-state index is 5.95. The first-order chi connectivity index (χ1) is 66.5. The first-order valence-electron chi connectivity index (χ1n) is 44.9. The van der Waals surface area contributed by atoms with Crippen LogP contribution >= 0.6 is 0 Å². The highest BCUT2D eigenvalue weighted by molar-refractivity contribution is 5.87. The van der Waals surface area contributed by atoms with E-state index in [4.69, 9.17) is 17.2 Å². The molecule has 20 aromatic carbocycles. The lowest BCUT2D eigenvalue weighted by Crippen LogP contribution is -1.88. The SMILES string of the molecule is C(#Cc1ccc(-c2ccc(-c3cc(-c4ccc(-c5ccc(C#Cc6ccccc6)cc5)cc4)cc(-c4ccc(-c5ccc(C#Cc6ccccc6)cc5)cc4)c3)cc2)cc1)c1ccccc1.Nc1cccc(C#Cc2ccc(-c3ccc(-c4cc(-c5ccc(-c6ccc(C#Cc7cccc(N)c7)cc6)cc5)cc(-c5ccc(-c6ccc(C#Cc7cccc(N)c7)cc6)cc5)c4)cc3)cc2)c1. The van der Waals surface area contributed by atoms with Crippen LogP contribution < -0.4 is 17.2 Å². The molecule has 0 radical (unpaired) electrons. The van der Waals surface area contributed by atoms with Crippen molar-refractivity contribution in [3.05, 3.63) is 558 Å². The summed E-state index contributed by atoms with van der Waals surface area (Å²) in [6.07, 6.45) is 0. The predicted octanol–water partition coefficient (Wildman–Crippen LogP) is 30.5. The van der Waals surface area contributed by atoms with Crippen molar-refractivity contribution in [1.29, 1.82) is 0 Å². The van der Waals surface area contributed by atoms with Crippen molar-refractivity contribution in [3.63, 3.8) is 0 Å². The fraction of sp³-hybridized carbons (Fsp3) is 0. The minimum absolute atomic E-state index is 0.708. The highest BCUT2D eigenvalue weighted by Crippen LogP contribution is 2.40. The molecule has 20 aromatic rings. The van der Waals surface area contributed by atoms with Crippen molar-refractivity contribution < 1.29 is 0 Å². The molecule has 0 amide bonds. The van der Waals surface area contributed by atoms with Gasteiger partial charge in [0.1, 0.15) is 0 Å². The number of anilines is 3. The first kappa shape index (κ1) is 85.6. The van der Waals surface area contributed by atoms with Gasteiger partial charge in [-0.05, 0) is 334 Å². The first-order valence-corrected chi connectivity index (χ1v) is 44.9. The van der Waals surface area contributed by atoms with Gasteiger partial charge < -0.3 is 17.2 Å². The van der Waals surface area contributed by atoms with E-state index < -0.39 is 0 Å². The van der Waals surface area contributed by atoms with E-state index in [-0.39, 0.29) is 0 Å². The Morgan fingerprint density at radius 1 is 0.0889 bits per heavy atom. The number of nitrogen functional groups attached to an aromatic ring is 3. The minimum Gasteiger partial charge on any atom is -0.399 e. The monoisotopic (exact) mass is 1710 g/mol. The van der Waals surface area contributed by atoms with Crippen LogP contribution in [0.15, 0.2) is 491 Å². The molecular formula is C132H87N3. The van der Waals surface area contributed by atoms with Crippen LogP contribution in [0.25, 0.3) is 134 Å². The molecule has 20 rings (SSSR count). The second-order valence-corrected chi connectivity index (χ2v) is 33.0. The van der Waals surface area contributed by atoms with E-state index in [9.17, 15) is 0 Å². The summed E-state index contributed by atoms with van der Waals surface area (Å²) in [6.45, 7) is 0. The summed E-state index contributed by atoms with van der Waals surface area (Å²) in [5, 5.41) is 0. The third kappa shape index (κ3) is 22.3. The molecule has 0 aliphatic heterocycles. The van der Waals surface area contributed by atoms with Gasteiger partial charge in [0, 0.05) is 83.8 Å². The van der Waals surface area contributed by atoms with Gasteiger partial charge >= 0.3 is 0 Å². The lowest BCUT2D eigenvalue weighted by atomic mass is 9.91. The van der Waals surface area contributed by atoms with Gasteiger partial charge in [-0.15, -0.1) is 0 Å². The van der Waals surface area contributed by atoms with Gasteiger partial charge in [-0.25, -0.2) is 0 Å². The van der Waals surface area contributed by atoms with Crippen LogP contribution in [0.2, 0.25) is 0 Å². The average molecular weight is 1720 g/mol. The van der Waals surface area contributed by atoms with Crippen LogP contribution in [-0.4, -0.2) is 0 Å². The fourth-order valence-corrected chi connectivity index (χ4v) is 16.1. The van der Waals surface area contributed by atoms with Gasteiger partial charge in [0.25, 0.3) is 0 Å². The van der Waals surface area contributed by atoms with Gasteiger partial charge in [0.2, 0.25) is 0 Å². The zero-order valence-electron chi connectivity index (χ0n) is 74.0. The molecule has 0 aliphatic carbocycles. The van der Waals surface area contributed by atoms with Crippen LogP contribution in [0.1, 0.15) is 66.8 Å². The zero-order valence-corrected chi connectivity index (χ0v) is 74.0. The molecule has 0 aromatic heterocycles. The summed E-state index contributed by atoms with van der Waals surface area (Å²) >= 11 is 0. The summed E-state index contributed by atoms with van der Waals surface area (Å²) < 4.78 is 0. The summed E-state index contributed by atoms with van der Waals surface area (Å²) in [4.78, 5) is 0. The highest BCUT2D eigenvalue weighted by Gasteiger charge is 2.15. The minimum atomic E-state index is 0.708. The Hall–Kier alpha value is -18.8. The number of hydrogen-bond donors (Lipinski definition) is 3. The topological polar surface area (TPSA) is 78.1 Å². The molecule has 0 spiro atoms. The van der Waals surface area contributed by atoms with Gasteiger partial charge in [0.05, 0.1) is 0 Å². The number of hydrogen-bond acceptors (Lipinski definition) is 3. The van der Waals surface area contributed by atoms with Crippen molar-refractivity contribution in [2.75, 3.05) is 17.2 Å². The molecule has 135 heavy (non-hydrogen) atoms. The molecule has 0 heterocycles. The molecule has 0 saturated carbocycles. The number of nitrogens with two attached hydrogens (primary N) is 3. The van der Waals surface area contributed by atoms with Crippen LogP contribution in [0.4, 0.5) is 17.1 Å². The summed E-state index contributed by atoms with van der Waals surface area (Å²) in [7, 11) is 0. The molecule has 0 saturated heterocycles. The summed E-state index contributed by atoms with van der Waals surface area (Å²) in [5.74, 6) is 39.1. The maximum Gasteiger partial charge on any atom is 0.0326 e. The van der Waals surface area contributed by atoms with Gasteiger partial charge in [-0.2, -0.15) is 0 Å². The quantitative estimate of drug-likeness (QED) is 0.0842. The molecule has 6 N–H and O–H groups in total. The molecule has 0 fully saturated rings. The Morgan fingerprint density at radius 3 is 0.341 bits per heavy atom. The van der Waals surface area contributed by atoms with Crippen LogP contribution in [0.3, 0.4) is 0 Å². The third-order valence-electron chi connectivity index (χ3n) is 23.6. The molecule has 3 heteroatoms.